The van der Waals surface area contributed by atoms with Gasteiger partial charge in [0.15, 0.2) is 0 Å². The second kappa shape index (κ2) is 9.35. The number of alkyl halides is 2. The summed E-state index contributed by atoms with van der Waals surface area (Å²) in [4.78, 5) is 11.5. The van der Waals surface area contributed by atoms with Crippen molar-refractivity contribution in [2.45, 2.75) is 46.6 Å². The first-order valence-electron chi connectivity index (χ1n) is 8.91. The molecule has 2 rings (SSSR count). The first-order valence-corrected chi connectivity index (χ1v) is 8.91. The Hall–Kier alpha value is -2.63. The molecule has 1 amide bonds. The van der Waals surface area contributed by atoms with Crippen LogP contribution in [0.2, 0.25) is 0 Å². The molecule has 0 aliphatic rings. The number of rotatable bonds is 7. The van der Waals surface area contributed by atoms with E-state index >= 15 is 0 Å². The van der Waals surface area contributed by atoms with Gasteiger partial charge in [0.2, 0.25) is 0 Å². The molecule has 146 valence electrons. The van der Waals surface area contributed by atoms with Gasteiger partial charge < -0.3 is 9.47 Å². The molecular weight excluding hydrogens is 352 g/mol. The van der Waals surface area contributed by atoms with Crippen LogP contribution in [0.25, 0.3) is 0 Å². The van der Waals surface area contributed by atoms with Crippen molar-refractivity contribution in [3.05, 3.63) is 58.1 Å². The Morgan fingerprint density at radius 2 is 1.85 bits per heavy atom. The van der Waals surface area contributed by atoms with Crippen molar-refractivity contribution in [2.24, 2.45) is 0 Å². The maximum atomic E-state index is 13.5. The number of nitrogens with one attached hydrogen (secondary N) is 1. The molecule has 0 spiro atoms. The van der Waals surface area contributed by atoms with Crippen LogP contribution in [-0.2, 0) is 24.2 Å². The second-order valence-corrected chi connectivity index (χ2v) is 6.17. The highest BCUT2D eigenvalue weighted by Crippen LogP contribution is 2.31. The molecule has 0 aliphatic heterocycles. The third-order valence-electron chi connectivity index (χ3n) is 4.52. The van der Waals surface area contributed by atoms with Crippen LogP contribution in [0.3, 0.4) is 0 Å². The molecule has 2 aromatic rings. The Bertz CT molecular complexity index is 806. The summed E-state index contributed by atoms with van der Waals surface area (Å²) in [6, 6.07) is 8.38. The van der Waals surface area contributed by atoms with Crippen molar-refractivity contribution in [1.82, 2.24) is 0 Å². The normalized spacial score (nSPS) is 10.8. The lowest BCUT2D eigenvalue weighted by Gasteiger charge is -2.18. The maximum absolute atomic E-state index is 13.5. The highest BCUT2D eigenvalue weighted by molar-refractivity contribution is 5.85. The van der Waals surface area contributed by atoms with Crippen LogP contribution in [0.5, 0.6) is 5.75 Å². The Kier molecular flexibility index (Phi) is 7.16. The summed E-state index contributed by atoms with van der Waals surface area (Å²) in [6.07, 6.45) is -1.72. The van der Waals surface area contributed by atoms with E-state index in [1.807, 2.05) is 19.9 Å². The third kappa shape index (κ3) is 4.96. The van der Waals surface area contributed by atoms with E-state index < -0.39 is 12.5 Å². The van der Waals surface area contributed by atoms with Crippen molar-refractivity contribution < 1.29 is 23.0 Å². The molecule has 0 bridgehead atoms. The van der Waals surface area contributed by atoms with Crippen LogP contribution in [-0.4, -0.2) is 13.2 Å². The highest BCUT2D eigenvalue weighted by atomic mass is 19.3. The lowest BCUT2D eigenvalue weighted by molar-refractivity contribution is 0.148. The predicted octanol–water partition coefficient (Wildman–Crippen LogP) is 5.81. The van der Waals surface area contributed by atoms with Crippen molar-refractivity contribution in [3.8, 4) is 5.75 Å². The smallest absolute Gasteiger partial charge is 0.411 e. The summed E-state index contributed by atoms with van der Waals surface area (Å²) in [5, 5.41) is 2.48. The molecule has 4 nitrogen and oxygen atoms in total. The van der Waals surface area contributed by atoms with E-state index in [4.69, 9.17) is 4.74 Å². The molecule has 0 heterocycles. The zero-order valence-electron chi connectivity index (χ0n) is 16.1. The fraction of sp³-hybridized carbons (Fsp3) is 0.381. The molecule has 1 N–H and O–H groups in total. The van der Waals surface area contributed by atoms with Gasteiger partial charge in [-0.3, -0.25) is 5.32 Å². The Morgan fingerprint density at radius 1 is 1.15 bits per heavy atom. The van der Waals surface area contributed by atoms with Crippen LogP contribution >= 0.6 is 0 Å². The van der Waals surface area contributed by atoms with Crippen LogP contribution < -0.4 is 10.1 Å². The molecule has 0 unspecified atom stereocenters. The Balaban J connectivity index is 2.36. The number of methoxy groups -OCH3 is 1. The minimum atomic E-state index is -2.68. The molecule has 6 heteroatoms. The van der Waals surface area contributed by atoms with Crippen molar-refractivity contribution in [1.29, 1.82) is 0 Å². The van der Waals surface area contributed by atoms with Gasteiger partial charge in [0.05, 0.1) is 12.8 Å². The number of halogens is 2. The molecule has 0 fully saturated rings. The van der Waals surface area contributed by atoms with Crippen LogP contribution in [0.4, 0.5) is 19.3 Å². The molecule has 0 atom stereocenters. The molecular formula is C21H25F2NO3. The number of amides is 1. The lowest BCUT2D eigenvalue weighted by Crippen LogP contribution is -2.14. The first-order chi connectivity index (χ1) is 12.9. The standard InChI is InChI=1S/C21H25F2NO3/c1-5-14-11-15(6-2)19(10-13(14)3)27-12-17-16(20(22)23)8-7-9-18(17)24-21(25)26-4/h7-11,20H,5-6,12H2,1-4H3,(H,24,25). The fourth-order valence-corrected chi connectivity index (χ4v) is 2.97. The molecule has 27 heavy (non-hydrogen) atoms. The van der Waals surface area contributed by atoms with Gasteiger partial charge in [-0.25, -0.2) is 13.6 Å². The van der Waals surface area contributed by atoms with E-state index in [1.165, 1.54) is 24.8 Å². The SMILES string of the molecule is CCc1cc(CC)c(OCc2c(NC(=O)OC)cccc2C(F)F)cc1C. The minimum absolute atomic E-state index is 0.0856. The minimum Gasteiger partial charge on any atom is -0.489 e. The van der Waals surface area contributed by atoms with Gasteiger partial charge in [-0.1, -0.05) is 32.0 Å². The molecule has 2 aromatic carbocycles. The second-order valence-electron chi connectivity index (χ2n) is 6.17. The summed E-state index contributed by atoms with van der Waals surface area (Å²) in [5.74, 6) is 0.667. The fourth-order valence-electron chi connectivity index (χ4n) is 2.97. The number of hydrogen-bond donors (Lipinski definition) is 1. The van der Waals surface area contributed by atoms with Gasteiger partial charge in [-0.15, -0.1) is 0 Å². The lowest BCUT2D eigenvalue weighted by atomic mass is 10.0. The zero-order chi connectivity index (χ0) is 20.0. The number of carbonyl (C=O) groups excluding carboxylic acids is 1. The average Bonchev–Trinajstić information content (AvgIpc) is 2.66. The van der Waals surface area contributed by atoms with Gasteiger partial charge in [0, 0.05) is 11.1 Å². The van der Waals surface area contributed by atoms with Gasteiger partial charge in [0.1, 0.15) is 12.4 Å². The summed E-state index contributed by atoms with van der Waals surface area (Å²) in [7, 11) is 1.22. The molecule has 0 saturated heterocycles. The van der Waals surface area contributed by atoms with Crippen LogP contribution in [0.15, 0.2) is 30.3 Å². The predicted molar refractivity (Wildman–Crippen MR) is 102 cm³/mol. The van der Waals surface area contributed by atoms with E-state index in [1.54, 1.807) is 6.07 Å². The third-order valence-corrected chi connectivity index (χ3v) is 4.52. The Labute approximate surface area is 158 Å². The maximum Gasteiger partial charge on any atom is 0.411 e. The van der Waals surface area contributed by atoms with Gasteiger partial charge >= 0.3 is 6.09 Å². The molecule has 0 aromatic heterocycles. The topological polar surface area (TPSA) is 47.6 Å². The van der Waals surface area contributed by atoms with E-state index in [-0.39, 0.29) is 23.4 Å². The number of carbonyl (C=O) groups is 1. The first kappa shape index (κ1) is 20.7. The molecule has 0 aliphatic carbocycles. The Morgan fingerprint density at radius 3 is 2.44 bits per heavy atom. The van der Waals surface area contributed by atoms with E-state index in [9.17, 15) is 13.6 Å². The van der Waals surface area contributed by atoms with Gasteiger partial charge in [0.25, 0.3) is 6.43 Å². The van der Waals surface area contributed by atoms with E-state index in [0.717, 1.165) is 24.0 Å². The van der Waals surface area contributed by atoms with Crippen molar-refractivity contribution in [3.63, 3.8) is 0 Å². The number of anilines is 1. The number of benzene rings is 2. The van der Waals surface area contributed by atoms with Crippen LogP contribution in [0, 0.1) is 6.92 Å². The van der Waals surface area contributed by atoms with Crippen molar-refractivity contribution in [2.75, 3.05) is 12.4 Å². The average molecular weight is 377 g/mol. The summed E-state index contributed by atoms with van der Waals surface area (Å²) < 4.78 is 37.4. The monoisotopic (exact) mass is 377 g/mol. The number of ether oxygens (including phenoxy) is 2. The summed E-state index contributed by atoms with van der Waals surface area (Å²) in [6.45, 7) is 6.03. The zero-order valence-corrected chi connectivity index (χ0v) is 16.1. The van der Waals surface area contributed by atoms with Gasteiger partial charge in [-0.2, -0.15) is 0 Å². The van der Waals surface area contributed by atoms with Crippen LogP contribution in [0.1, 0.15) is 48.1 Å². The van der Waals surface area contributed by atoms with Crippen molar-refractivity contribution >= 4 is 11.8 Å². The largest absolute Gasteiger partial charge is 0.489 e. The van der Waals surface area contributed by atoms with Gasteiger partial charge in [-0.05, 0) is 48.6 Å². The number of hydrogen-bond acceptors (Lipinski definition) is 3. The molecule has 0 saturated carbocycles. The van der Waals surface area contributed by atoms with E-state index in [0.29, 0.717) is 5.75 Å². The summed E-state index contributed by atoms with van der Waals surface area (Å²) >= 11 is 0. The molecule has 0 radical (unpaired) electrons. The van der Waals surface area contributed by atoms with E-state index in [2.05, 4.69) is 23.0 Å². The summed E-state index contributed by atoms with van der Waals surface area (Å²) in [5.41, 5.74) is 3.66. The quantitative estimate of drug-likeness (QED) is 0.662. The number of aryl methyl sites for hydroxylation is 3. The highest BCUT2D eigenvalue weighted by Gasteiger charge is 2.19.